The third kappa shape index (κ3) is 8.64. The lowest BCUT2D eigenvalue weighted by molar-refractivity contribution is -0.124. The lowest BCUT2D eigenvalue weighted by Crippen LogP contribution is -2.20. The molecule has 3 rings (SSSR count). The fourth-order valence-electron chi connectivity index (χ4n) is 2.71. The minimum atomic E-state index is -0.360. The van der Waals surface area contributed by atoms with Crippen molar-refractivity contribution in [1.82, 2.24) is 5.43 Å². The van der Waals surface area contributed by atoms with Gasteiger partial charge in [-0.2, -0.15) is 5.10 Å². The van der Waals surface area contributed by atoms with E-state index in [-0.39, 0.29) is 24.7 Å². The molecule has 0 radical (unpaired) electrons. The van der Waals surface area contributed by atoms with Gasteiger partial charge in [-0.05, 0) is 75.6 Å². The third-order valence-electron chi connectivity index (χ3n) is 4.35. The lowest BCUT2D eigenvalue weighted by atomic mass is 10.2. The summed E-state index contributed by atoms with van der Waals surface area (Å²) >= 11 is 12.8. The molecule has 33 heavy (non-hydrogen) atoms. The Bertz CT molecular complexity index is 1150. The van der Waals surface area contributed by atoms with Gasteiger partial charge in [-0.1, -0.05) is 45.7 Å². The average molecular weight is 594 g/mol. The highest BCUT2D eigenvalue weighted by Gasteiger charge is 2.07. The standard InChI is InChI=1S/C24H20Br2ClN3O3/c25-18-7-4-16(5-8-18)15-33-22-9-6-17(12-21(22)26)14-28-30-24(32)11-10-23(31)29-20-3-1-2-19(27)13-20/h1-9,12-14H,10-11,15H2,(H,29,31)(H,30,32). The zero-order valence-electron chi connectivity index (χ0n) is 17.4. The first-order chi connectivity index (χ1) is 15.9. The van der Waals surface area contributed by atoms with Crippen LogP contribution in [0.15, 0.2) is 80.8 Å². The molecule has 2 amide bonds. The molecule has 3 aromatic rings. The molecule has 0 aliphatic rings. The van der Waals surface area contributed by atoms with E-state index in [9.17, 15) is 9.59 Å². The highest BCUT2D eigenvalue weighted by molar-refractivity contribution is 9.10. The summed E-state index contributed by atoms with van der Waals surface area (Å²) in [6.07, 6.45) is 1.56. The maximum atomic E-state index is 12.0. The molecule has 3 aromatic carbocycles. The van der Waals surface area contributed by atoms with Crippen LogP contribution < -0.4 is 15.5 Å². The Morgan fingerprint density at radius 2 is 1.73 bits per heavy atom. The quantitative estimate of drug-likeness (QED) is 0.225. The second kappa shape index (κ2) is 12.5. The van der Waals surface area contributed by atoms with Crippen LogP contribution in [0.5, 0.6) is 5.75 Å². The maximum Gasteiger partial charge on any atom is 0.240 e. The van der Waals surface area contributed by atoms with E-state index in [0.717, 1.165) is 20.1 Å². The molecule has 170 valence electrons. The van der Waals surface area contributed by atoms with Gasteiger partial charge in [0.25, 0.3) is 0 Å². The first-order valence-corrected chi connectivity index (χ1v) is 11.9. The fraction of sp³-hybridized carbons (Fsp3) is 0.125. The van der Waals surface area contributed by atoms with Crippen LogP contribution in [0.25, 0.3) is 0 Å². The van der Waals surface area contributed by atoms with E-state index in [2.05, 4.69) is 47.7 Å². The predicted molar refractivity (Wildman–Crippen MR) is 138 cm³/mol. The van der Waals surface area contributed by atoms with Gasteiger partial charge in [-0.3, -0.25) is 9.59 Å². The van der Waals surface area contributed by atoms with Gasteiger partial charge in [0, 0.05) is 28.0 Å². The van der Waals surface area contributed by atoms with Crippen molar-refractivity contribution in [3.63, 3.8) is 0 Å². The number of rotatable bonds is 9. The minimum absolute atomic E-state index is 0.0102. The van der Waals surface area contributed by atoms with E-state index in [0.29, 0.717) is 23.1 Å². The Hall–Kier alpha value is -2.68. The molecule has 0 bridgehead atoms. The molecule has 0 saturated heterocycles. The van der Waals surface area contributed by atoms with Gasteiger partial charge in [0.15, 0.2) is 0 Å². The summed E-state index contributed by atoms with van der Waals surface area (Å²) < 4.78 is 7.63. The number of carbonyl (C=O) groups excluding carboxylic acids is 2. The molecule has 9 heteroatoms. The Morgan fingerprint density at radius 3 is 2.45 bits per heavy atom. The number of hydrazone groups is 1. The molecule has 0 saturated carbocycles. The SMILES string of the molecule is O=C(CCC(=O)Nc1cccc(Cl)c1)NN=Cc1ccc(OCc2ccc(Br)cc2)c(Br)c1. The zero-order chi connectivity index (χ0) is 23.6. The van der Waals surface area contributed by atoms with E-state index >= 15 is 0 Å². The largest absolute Gasteiger partial charge is 0.488 e. The number of benzene rings is 3. The molecule has 0 aliphatic heterocycles. The molecule has 2 N–H and O–H groups in total. The molecule has 0 unspecified atom stereocenters. The lowest BCUT2D eigenvalue weighted by Gasteiger charge is -2.09. The summed E-state index contributed by atoms with van der Waals surface area (Å²) in [4.78, 5) is 23.9. The van der Waals surface area contributed by atoms with Crippen molar-refractivity contribution in [3.8, 4) is 5.75 Å². The number of nitrogens with one attached hydrogen (secondary N) is 2. The molecule has 0 heterocycles. The third-order valence-corrected chi connectivity index (χ3v) is 5.74. The molecular weight excluding hydrogens is 574 g/mol. The van der Waals surface area contributed by atoms with Crippen LogP contribution in [-0.4, -0.2) is 18.0 Å². The van der Waals surface area contributed by atoms with Crippen LogP contribution in [0.3, 0.4) is 0 Å². The molecular formula is C24H20Br2ClN3O3. The van der Waals surface area contributed by atoms with E-state index < -0.39 is 0 Å². The van der Waals surface area contributed by atoms with Crippen molar-refractivity contribution >= 4 is 67.2 Å². The van der Waals surface area contributed by atoms with Crippen molar-refractivity contribution < 1.29 is 14.3 Å². The van der Waals surface area contributed by atoms with E-state index in [1.807, 2.05) is 42.5 Å². The molecule has 0 atom stereocenters. The smallest absolute Gasteiger partial charge is 0.240 e. The topological polar surface area (TPSA) is 79.8 Å². The maximum absolute atomic E-state index is 12.0. The molecule has 6 nitrogen and oxygen atoms in total. The Balaban J connectivity index is 1.42. The van der Waals surface area contributed by atoms with Crippen LogP contribution in [0.2, 0.25) is 5.02 Å². The van der Waals surface area contributed by atoms with Crippen LogP contribution in [0.1, 0.15) is 24.0 Å². The summed E-state index contributed by atoms with van der Waals surface area (Å²) in [6.45, 7) is 0.445. The summed E-state index contributed by atoms with van der Waals surface area (Å²) in [5.74, 6) is 0.0601. The zero-order valence-corrected chi connectivity index (χ0v) is 21.3. The Labute approximate surface area is 213 Å². The number of hydrogen-bond acceptors (Lipinski definition) is 4. The average Bonchev–Trinajstić information content (AvgIpc) is 2.78. The minimum Gasteiger partial charge on any atom is -0.488 e. The molecule has 0 aliphatic carbocycles. The molecule has 0 spiro atoms. The predicted octanol–water partition coefficient (Wildman–Crippen LogP) is 6.31. The van der Waals surface area contributed by atoms with Crippen LogP contribution >= 0.6 is 43.5 Å². The highest BCUT2D eigenvalue weighted by atomic mass is 79.9. The van der Waals surface area contributed by atoms with Crippen molar-refractivity contribution in [2.24, 2.45) is 5.10 Å². The fourth-order valence-corrected chi connectivity index (χ4v) is 3.67. The number of carbonyl (C=O) groups is 2. The Kier molecular flexibility index (Phi) is 9.47. The first-order valence-electron chi connectivity index (χ1n) is 9.93. The normalized spacial score (nSPS) is 10.8. The van der Waals surface area contributed by atoms with Crippen molar-refractivity contribution in [1.29, 1.82) is 0 Å². The van der Waals surface area contributed by atoms with Gasteiger partial charge >= 0.3 is 0 Å². The van der Waals surface area contributed by atoms with Crippen molar-refractivity contribution in [3.05, 3.63) is 91.8 Å². The number of halogens is 3. The summed E-state index contributed by atoms with van der Waals surface area (Å²) in [5, 5.41) is 7.17. The van der Waals surface area contributed by atoms with Crippen molar-refractivity contribution in [2.75, 3.05) is 5.32 Å². The summed E-state index contributed by atoms with van der Waals surface area (Å²) in [6, 6.07) is 20.2. The number of nitrogens with zero attached hydrogens (tertiary/aromatic N) is 1. The highest BCUT2D eigenvalue weighted by Crippen LogP contribution is 2.26. The van der Waals surface area contributed by atoms with Crippen LogP contribution in [0, 0.1) is 0 Å². The van der Waals surface area contributed by atoms with Gasteiger partial charge in [0.1, 0.15) is 12.4 Å². The van der Waals surface area contributed by atoms with E-state index in [4.69, 9.17) is 16.3 Å². The number of hydrogen-bond donors (Lipinski definition) is 2. The van der Waals surface area contributed by atoms with Gasteiger partial charge < -0.3 is 10.1 Å². The van der Waals surface area contributed by atoms with Gasteiger partial charge in [0.05, 0.1) is 10.7 Å². The van der Waals surface area contributed by atoms with E-state index in [1.165, 1.54) is 6.21 Å². The first kappa shape index (κ1) is 25.0. The molecule has 0 aromatic heterocycles. The van der Waals surface area contributed by atoms with Crippen LogP contribution in [0.4, 0.5) is 5.69 Å². The number of ether oxygens (including phenoxy) is 1. The van der Waals surface area contributed by atoms with Gasteiger partial charge in [0.2, 0.25) is 11.8 Å². The number of amides is 2. The van der Waals surface area contributed by atoms with Crippen molar-refractivity contribution in [2.45, 2.75) is 19.4 Å². The van der Waals surface area contributed by atoms with Gasteiger partial charge in [-0.25, -0.2) is 5.43 Å². The monoisotopic (exact) mass is 591 g/mol. The summed E-state index contributed by atoms with van der Waals surface area (Å²) in [7, 11) is 0. The second-order valence-corrected chi connectivity index (χ2v) is 9.16. The Morgan fingerprint density at radius 1 is 0.970 bits per heavy atom. The second-order valence-electron chi connectivity index (χ2n) is 6.96. The van der Waals surface area contributed by atoms with E-state index in [1.54, 1.807) is 24.3 Å². The van der Waals surface area contributed by atoms with Gasteiger partial charge in [-0.15, -0.1) is 0 Å². The summed E-state index contributed by atoms with van der Waals surface area (Å²) in [5.41, 5.74) is 4.84. The van der Waals surface area contributed by atoms with Crippen LogP contribution in [-0.2, 0) is 16.2 Å². The molecule has 0 fully saturated rings. The number of anilines is 1.